The third-order valence-electron chi connectivity index (χ3n) is 2.48. The lowest BCUT2D eigenvalue weighted by atomic mass is 10.2. The highest BCUT2D eigenvalue weighted by Crippen LogP contribution is 2.17. The number of carbonyl (C=O) groups is 1. The van der Waals surface area contributed by atoms with E-state index < -0.39 is 0 Å². The molecule has 0 unspecified atom stereocenters. The molecule has 0 atom stereocenters. The largest absolute Gasteiger partial charge is 0.483 e. The molecule has 0 bridgehead atoms. The number of hydrogen-bond acceptors (Lipinski definition) is 3. The molecule has 0 saturated heterocycles. The molecule has 1 rings (SSSR count). The van der Waals surface area contributed by atoms with Gasteiger partial charge in [-0.2, -0.15) is 0 Å². The second kappa shape index (κ2) is 8.32. The van der Waals surface area contributed by atoms with E-state index in [0.29, 0.717) is 12.6 Å². The maximum Gasteiger partial charge on any atom is 0.258 e. The van der Waals surface area contributed by atoms with Gasteiger partial charge in [-0.3, -0.25) is 4.79 Å². The Bertz CT molecular complexity index is 416. The Balaban J connectivity index is 2.52. The Morgan fingerprint density at radius 3 is 2.84 bits per heavy atom. The number of ether oxygens (including phenoxy) is 1. The normalized spacial score (nSPS) is 10.3. The van der Waals surface area contributed by atoms with Gasteiger partial charge in [0.1, 0.15) is 5.75 Å². The van der Waals surface area contributed by atoms with Gasteiger partial charge in [-0.05, 0) is 6.07 Å². The summed E-state index contributed by atoms with van der Waals surface area (Å²) in [4.78, 5) is 11.5. The van der Waals surface area contributed by atoms with Crippen molar-refractivity contribution in [1.82, 2.24) is 10.6 Å². The Morgan fingerprint density at radius 2 is 2.16 bits per heavy atom. The van der Waals surface area contributed by atoms with Crippen LogP contribution < -0.4 is 15.4 Å². The lowest BCUT2D eigenvalue weighted by molar-refractivity contribution is -0.122. The Labute approximate surface area is 114 Å². The number of nitrogens with one attached hydrogen (secondary N) is 2. The summed E-state index contributed by atoms with van der Waals surface area (Å²) in [5, 5.41) is 6.00. The summed E-state index contributed by atoms with van der Waals surface area (Å²) in [7, 11) is 0. The van der Waals surface area contributed by atoms with E-state index in [9.17, 15) is 4.79 Å². The molecule has 0 aliphatic carbocycles. The molecule has 1 amide bonds. The molecule has 0 radical (unpaired) electrons. The highest BCUT2D eigenvalue weighted by molar-refractivity contribution is 5.77. The van der Waals surface area contributed by atoms with Gasteiger partial charge in [0, 0.05) is 24.7 Å². The van der Waals surface area contributed by atoms with E-state index in [0.717, 1.165) is 17.9 Å². The Kier molecular flexibility index (Phi) is 6.68. The molecule has 0 heterocycles. The van der Waals surface area contributed by atoms with E-state index in [-0.39, 0.29) is 12.5 Å². The summed E-state index contributed by atoms with van der Waals surface area (Å²) in [6, 6.07) is 8.13. The SMILES string of the molecule is C=CCNC(=O)COc1ccccc1CNC(C)C. The van der Waals surface area contributed by atoms with Crippen LogP contribution in [0.3, 0.4) is 0 Å². The first kappa shape index (κ1) is 15.2. The summed E-state index contributed by atoms with van der Waals surface area (Å²) in [5.74, 6) is 0.593. The molecule has 2 N–H and O–H groups in total. The van der Waals surface area contributed by atoms with Crippen molar-refractivity contribution >= 4 is 5.91 Å². The van der Waals surface area contributed by atoms with Crippen molar-refractivity contribution in [2.24, 2.45) is 0 Å². The fourth-order valence-electron chi connectivity index (χ4n) is 1.49. The number of para-hydroxylation sites is 1. The number of carbonyl (C=O) groups excluding carboxylic acids is 1. The highest BCUT2D eigenvalue weighted by atomic mass is 16.5. The molecule has 0 aliphatic heterocycles. The van der Waals surface area contributed by atoms with Crippen LogP contribution in [0.5, 0.6) is 5.75 Å². The maximum atomic E-state index is 11.5. The van der Waals surface area contributed by atoms with Gasteiger partial charge in [0.15, 0.2) is 6.61 Å². The summed E-state index contributed by atoms with van der Waals surface area (Å²) in [5.41, 5.74) is 1.05. The van der Waals surface area contributed by atoms with Gasteiger partial charge < -0.3 is 15.4 Å². The highest BCUT2D eigenvalue weighted by Gasteiger charge is 2.06. The predicted octanol–water partition coefficient (Wildman–Crippen LogP) is 1.87. The molecule has 0 spiro atoms. The van der Waals surface area contributed by atoms with Gasteiger partial charge in [-0.25, -0.2) is 0 Å². The zero-order chi connectivity index (χ0) is 14.1. The van der Waals surface area contributed by atoms with Crippen molar-refractivity contribution in [3.8, 4) is 5.75 Å². The average Bonchev–Trinajstić information content (AvgIpc) is 2.41. The van der Waals surface area contributed by atoms with Crippen LogP contribution >= 0.6 is 0 Å². The minimum atomic E-state index is -0.147. The Hall–Kier alpha value is -1.81. The number of rotatable bonds is 8. The molecule has 104 valence electrons. The summed E-state index contributed by atoms with van der Waals surface area (Å²) in [6.07, 6.45) is 1.64. The molecule has 4 heteroatoms. The van der Waals surface area contributed by atoms with E-state index in [4.69, 9.17) is 4.74 Å². The van der Waals surface area contributed by atoms with Crippen molar-refractivity contribution in [2.45, 2.75) is 26.4 Å². The fourth-order valence-corrected chi connectivity index (χ4v) is 1.49. The maximum absolute atomic E-state index is 11.5. The zero-order valence-electron chi connectivity index (χ0n) is 11.6. The van der Waals surface area contributed by atoms with Crippen molar-refractivity contribution in [1.29, 1.82) is 0 Å². The molecule has 0 aromatic heterocycles. The van der Waals surface area contributed by atoms with E-state index in [1.54, 1.807) is 6.08 Å². The Morgan fingerprint density at radius 1 is 1.42 bits per heavy atom. The molecule has 1 aromatic carbocycles. The van der Waals surface area contributed by atoms with Gasteiger partial charge in [0.2, 0.25) is 0 Å². The van der Waals surface area contributed by atoms with Crippen molar-refractivity contribution < 1.29 is 9.53 Å². The lowest BCUT2D eigenvalue weighted by Gasteiger charge is -2.13. The van der Waals surface area contributed by atoms with Crippen LogP contribution in [0.25, 0.3) is 0 Å². The third kappa shape index (κ3) is 6.06. The summed E-state index contributed by atoms with van der Waals surface area (Å²) >= 11 is 0. The molecule has 1 aromatic rings. The van der Waals surface area contributed by atoms with Gasteiger partial charge in [-0.15, -0.1) is 6.58 Å². The zero-order valence-corrected chi connectivity index (χ0v) is 11.6. The molecule has 0 aliphatic rings. The summed E-state index contributed by atoms with van der Waals surface area (Å²) in [6.45, 7) is 8.92. The smallest absolute Gasteiger partial charge is 0.258 e. The van der Waals surface area contributed by atoms with Gasteiger partial charge in [0.25, 0.3) is 5.91 Å². The van der Waals surface area contributed by atoms with Crippen LogP contribution in [-0.4, -0.2) is 25.1 Å². The second-order valence-electron chi connectivity index (χ2n) is 4.52. The molecule has 0 fully saturated rings. The predicted molar refractivity (Wildman–Crippen MR) is 77.1 cm³/mol. The van der Waals surface area contributed by atoms with Crippen molar-refractivity contribution in [2.75, 3.05) is 13.2 Å². The minimum absolute atomic E-state index is 0.0204. The first-order chi connectivity index (χ1) is 9.13. The fraction of sp³-hybridized carbons (Fsp3) is 0.400. The summed E-state index contributed by atoms with van der Waals surface area (Å²) < 4.78 is 5.54. The molecule has 0 saturated carbocycles. The first-order valence-electron chi connectivity index (χ1n) is 6.45. The van der Waals surface area contributed by atoms with E-state index in [2.05, 4.69) is 31.1 Å². The number of amides is 1. The van der Waals surface area contributed by atoms with Gasteiger partial charge >= 0.3 is 0 Å². The topological polar surface area (TPSA) is 50.4 Å². The first-order valence-corrected chi connectivity index (χ1v) is 6.45. The molecule has 4 nitrogen and oxygen atoms in total. The second-order valence-corrected chi connectivity index (χ2v) is 4.52. The van der Waals surface area contributed by atoms with Crippen LogP contribution in [0.4, 0.5) is 0 Å². The van der Waals surface area contributed by atoms with Crippen LogP contribution in [0.1, 0.15) is 19.4 Å². The lowest BCUT2D eigenvalue weighted by Crippen LogP contribution is -2.29. The monoisotopic (exact) mass is 262 g/mol. The standard InChI is InChI=1S/C15H22N2O2/c1-4-9-16-15(18)11-19-14-8-6-5-7-13(14)10-17-12(2)3/h4-8,12,17H,1,9-11H2,2-3H3,(H,16,18). The van der Waals surface area contributed by atoms with Crippen molar-refractivity contribution in [3.05, 3.63) is 42.5 Å². The number of hydrogen-bond donors (Lipinski definition) is 2. The number of benzene rings is 1. The van der Waals surface area contributed by atoms with Gasteiger partial charge in [0.05, 0.1) is 0 Å². The van der Waals surface area contributed by atoms with Gasteiger partial charge in [-0.1, -0.05) is 38.1 Å². The average molecular weight is 262 g/mol. The van der Waals surface area contributed by atoms with E-state index in [1.165, 1.54) is 0 Å². The third-order valence-corrected chi connectivity index (χ3v) is 2.48. The van der Waals surface area contributed by atoms with Crippen LogP contribution in [-0.2, 0) is 11.3 Å². The van der Waals surface area contributed by atoms with E-state index in [1.807, 2.05) is 24.3 Å². The molecular weight excluding hydrogens is 240 g/mol. The minimum Gasteiger partial charge on any atom is -0.483 e. The van der Waals surface area contributed by atoms with Crippen molar-refractivity contribution in [3.63, 3.8) is 0 Å². The molecular formula is C15H22N2O2. The molecule has 19 heavy (non-hydrogen) atoms. The van der Waals surface area contributed by atoms with Crippen LogP contribution in [0.2, 0.25) is 0 Å². The van der Waals surface area contributed by atoms with Crippen LogP contribution in [0, 0.1) is 0 Å². The van der Waals surface area contributed by atoms with E-state index >= 15 is 0 Å². The van der Waals surface area contributed by atoms with Crippen LogP contribution in [0.15, 0.2) is 36.9 Å². The quantitative estimate of drug-likeness (QED) is 0.703.